The highest BCUT2D eigenvalue weighted by molar-refractivity contribution is 4.90. The van der Waals surface area contributed by atoms with Gasteiger partial charge in [-0.2, -0.15) is 4.98 Å². The molecule has 0 aromatic carbocycles. The summed E-state index contributed by atoms with van der Waals surface area (Å²) in [6.07, 6.45) is 0. The number of nitrogens with zero attached hydrogens (tertiary/aromatic N) is 3. The fourth-order valence-electron chi connectivity index (χ4n) is 1.26. The lowest BCUT2D eigenvalue weighted by Crippen LogP contribution is -2.26. The molecular weight excluding hydrogens is 194 g/mol. The van der Waals surface area contributed by atoms with Crippen LogP contribution in [0.1, 0.15) is 38.4 Å². The van der Waals surface area contributed by atoms with Crippen LogP contribution in [0.4, 0.5) is 0 Å². The third kappa shape index (κ3) is 3.60. The van der Waals surface area contributed by atoms with E-state index in [1.807, 2.05) is 20.8 Å². The molecular formula is C10H19N3O2. The molecule has 0 atom stereocenters. The summed E-state index contributed by atoms with van der Waals surface area (Å²) in [4.78, 5) is 6.34. The van der Waals surface area contributed by atoms with E-state index in [-0.39, 0.29) is 12.5 Å². The lowest BCUT2D eigenvalue weighted by atomic mass is 10.2. The van der Waals surface area contributed by atoms with E-state index in [0.717, 1.165) is 6.54 Å². The summed E-state index contributed by atoms with van der Waals surface area (Å²) < 4.78 is 5.10. The quantitative estimate of drug-likeness (QED) is 0.764. The van der Waals surface area contributed by atoms with Gasteiger partial charge in [0.05, 0.1) is 13.2 Å². The van der Waals surface area contributed by atoms with Crippen molar-refractivity contribution in [3.05, 3.63) is 11.7 Å². The summed E-state index contributed by atoms with van der Waals surface area (Å²) in [6.45, 7) is 8.37. The van der Waals surface area contributed by atoms with Crippen molar-refractivity contribution in [2.24, 2.45) is 0 Å². The lowest BCUT2D eigenvalue weighted by molar-refractivity contribution is 0.192. The fraction of sp³-hybridized carbons (Fsp3) is 0.800. The van der Waals surface area contributed by atoms with Crippen LogP contribution in [-0.4, -0.2) is 39.8 Å². The van der Waals surface area contributed by atoms with Gasteiger partial charge in [0.1, 0.15) is 0 Å². The number of hydrogen-bond acceptors (Lipinski definition) is 5. The Morgan fingerprint density at radius 1 is 1.47 bits per heavy atom. The minimum Gasteiger partial charge on any atom is -0.395 e. The Labute approximate surface area is 90.1 Å². The molecule has 0 amide bonds. The zero-order valence-corrected chi connectivity index (χ0v) is 9.60. The molecule has 5 heteroatoms. The average Bonchev–Trinajstić information content (AvgIpc) is 2.65. The standard InChI is InChI=1S/C10H19N3O2/c1-4-13(5-6-14)7-9-11-10(8(2)3)15-12-9/h8,14H,4-7H2,1-3H3. The molecule has 1 aromatic heterocycles. The van der Waals surface area contributed by atoms with Crippen molar-refractivity contribution in [2.75, 3.05) is 19.7 Å². The second kappa shape index (κ2) is 5.82. The van der Waals surface area contributed by atoms with Crippen molar-refractivity contribution < 1.29 is 9.63 Å². The van der Waals surface area contributed by atoms with Gasteiger partial charge in [-0.25, -0.2) is 0 Å². The molecule has 0 saturated heterocycles. The van der Waals surface area contributed by atoms with Crippen molar-refractivity contribution in [3.8, 4) is 0 Å². The van der Waals surface area contributed by atoms with Gasteiger partial charge in [0.2, 0.25) is 5.89 Å². The van der Waals surface area contributed by atoms with Gasteiger partial charge in [0.25, 0.3) is 0 Å². The Kier molecular flexibility index (Phi) is 4.71. The highest BCUT2D eigenvalue weighted by Gasteiger charge is 2.12. The van der Waals surface area contributed by atoms with Gasteiger partial charge in [0, 0.05) is 12.5 Å². The highest BCUT2D eigenvalue weighted by atomic mass is 16.5. The highest BCUT2D eigenvalue weighted by Crippen LogP contribution is 2.11. The molecule has 5 nitrogen and oxygen atoms in total. The molecule has 0 radical (unpaired) electrons. The van der Waals surface area contributed by atoms with E-state index < -0.39 is 0 Å². The van der Waals surface area contributed by atoms with Crippen LogP contribution in [0.15, 0.2) is 4.52 Å². The first-order valence-corrected chi connectivity index (χ1v) is 5.33. The van der Waals surface area contributed by atoms with Gasteiger partial charge < -0.3 is 9.63 Å². The minimum absolute atomic E-state index is 0.155. The van der Waals surface area contributed by atoms with E-state index in [2.05, 4.69) is 15.0 Å². The first-order chi connectivity index (χ1) is 7.17. The van der Waals surface area contributed by atoms with E-state index in [1.165, 1.54) is 0 Å². The lowest BCUT2D eigenvalue weighted by Gasteiger charge is -2.16. The van der Waals surface area contributed by atoms with Gasteiger partial charge in [0.15, 0.2) is 5.82 Å². The van der Waals surface area contributed by atoms with Crippen molar-refractivity contribution >= 4 is 0 Å². The number of hydrogen-bond donors (Lipinski definition) is 1. The molecule has 0 saturated carbocycles. The van der Waals surface area contributed by atoms with E-state index in [1.54, 1.807) is 0 Å². The van der Waals surface area contributed by atoms with Gasteiger partial charge in [-0.05, 0) is 6.54 Å². The largest absolute Gasteiger partial charge is 0.395 e. The van der Waals surface area contributed by atoms with Crippen LogP contribution in [0, 0.1) is 0 Å². The summed E-state index contributed by atoms with van der Waals surface area (Å²) in [7, 11) is 0. The third-order valence-electron chi connectivity index (χ3n) is 2.21. The molecule has 0 aliphatic rings. The third-order valence-corrected chi connectivity index (χ3v) is 2.21. The molecule has 0 aliphatic heterocycles. The van der Waals surface area contributed by atoms with Crippen LogP contribution < -0.4 is 0 Å². The van der Waals surface area contributed by atoms with Crippen molar-refractivity contribution in [1.82, 2.24) is 15.0 Å². The maximum absolute atomic E-state index is 8.83. The smallest absolute Gasteiger partial charge is 0.229 e. The molecule has 0 aliphatic carbocycles. The van der Waals surface area contributed by atoms with Crippen molar-refractivity contribution in [3.63, 3.8) is 0 Å². The van der Waals surface area contributed by atoms with E-state index >= 15 is 0 Å². The summed E-state index contributed by atoms with van der Waals surface area (Å²) in [5.74, 6) is 1.62. The fourth-order valence-corrected chi connectivity index (χ4v) is 1.26. The maximum Gasteiger partial charge on any atom is 0.229 e. The maximum atomic E-state index is 8.83. The van der Waals surface area contributed by atoms with Crippen LogP contribution >= 0.6 is 0 Å². The summed E-state index contributed by atoms with van der Waals surface area (Å²) >= 11 is 0. The molecule has 0 spiro atoms. The van der Waals surface area contributed by atoms with Crippen LogP contribution in [0.5, 0.6) is 0 Å². The Hall–Kier alpha value is -0.940. The predicted molar refractivity (Wildman–Crippen MR) is 56.4 cm³/mol. The van der Waals surface area contributed by atoms with Crippen LogP contribution in [0.2, 0.25) is 0 Å². The zero-order chi connectivity index (χ0) is 11.3. The van der Waals surface area contributed by atoms with Gasteiger partial charge in [-0.3, -0.25) is 4.90 Å². The number of aliphatic hydroxyl groups is 1. The van der Waals surface area contributed by atoms with Crippen LogP contribution in [0.25, 0.3) is 0 Å². The van der Waals surface area contributed by atoms with E-state index in [9.17, 15) is 0 Å². The number of rotatable bonds is 6. The minimum atomic E-state index is 0.155. The average molecular weight is 213 g/mol. The molecule has 0 fully saturated rings. The number of likely N-dealkylation sites (N-methyl/N-ethyl adjacent to an activating group) is 1. The molecule has 1 aromatic rings. The Bertz CT molecular complexity index is 286. The monoisotopic (exact) mass is 213 g/mol. The molecule has 0 unspecified atom stereocenters. The summed E-state index contributed by atoms with van der Waals surface area (Å²) in [5.41, 5.74) is 0. The van der Waals surface area contributed by atoms with E-state index in [0.29, 0.717) is 24.8 Å². The number of aromatic nitrogens is 2. The molecule has 0 bridgehead atoms. The number of aliphatic hydroxyl groups excluding tert-OH is 1. The summed E-state index contributed by atoms with van der Waals surface area (Å²) in [6, 6.07) is 0. The van der Waals surface area contributed by atoms with E-state index in [4.69, 9.17) is 9.63 Å². The second-order valence-corrected chi connectivity index (χ2v) is 3.80. The van der Waals surface area contributed by atoms with Gasteiger partial charge in [-0.15, -0.1) is 0 Å². The normalized spacial score (nSPS) is 11.6. The molecule has 15 heavy (non-hydrogen) atoms. The molecule has 1 heterocycles. The zero-order valence-electron chi connectivity index (χ0n) is 9.60. The predicted octanol–water partition coefficient (Wildman–Crippen LogP) is 1.01. The Morgan fingerprint density at radius 2 is 2.20 bits per heavy atom. The Balaban J connectivity index is 2.55. The van der Waals surface area contributed by atoms with Crippen molar-refractivity contribution in [2.45, 2.75) is 33.2 Å². The Morgan fingerprint density at radius 3 is 2.67 bits per heavy atom. The second-order valence-electron chi connectivity index (χ2n) is 3.80. The first-order valence-electron chi connectivity index (χ1n) is 5.33. The van der Waals surface area contributed by atoms with Crippen molar-refractivity contribution in [1.29, 1.82) is 0 Å². The van der Waals surface area contributed by atoms with Gasteiger partial charge in [-0.1, -0.05) is 25.9 Å². The SMILES string of the molecule is CCN(CCO)Cc1noc(C(C)C)n1. The van der Waals surface area contributed by atoms with Crippen LogP contribution in [-0.2, 0) is 6.54 Å². The first kappa shape index (κ1) is 12.1. The summed E-state index contributed by atoms with van der Waals surface area (Å²) in [5, 5.41) is 12.7. The topological polar surface area (TPSA) is 62.4 Å². The molecule has 1 rings (SSSR count). The molecule has 1 N–H and O–H groups in total. The molecule has 86 valence electrons. The van der Waals surface area contributed by atoms with Crippen LogP contribution in [0.3, 0.4) is 0 Å². The van der Waals surface area contributed by atoms with Gasteiger partial charge >= 0.3 is 0 Å².